The lowest BCUT2D eigenvalue weighted by Crippen LogP contribution is -2.06. The van der Waals surface area contributed by atoms with Crippen molar-refractivity contribution in [3.63, 3.8) is 0 Å². The van der Waals surface area contributed by atoms with Gasteiger partial charge in [-0.1, -0.05) is 43.5 Å². The molecule has 0 bridgehead atoms. The Balaban J connectivity index is 1.77. The average Bonchev–Trinajstić information content (AvgIpc) is 2.56. The summed E-state index contributed by atoms with van der Waals surface area (Å²) in [6, 6.07) is 11.8. The molecule has 0 radical (unpaired) electrons. The number of aromatic nitrogens is 1. The fraction of sp³-hybridized carbons (Fsp3) is 0.333. The summed E-state index contributed by atoms with van der Waals surface area (Å²) in [5.74, 6) is 0.736. The second-order valence-corrected chi connectivity index (χ2v) is 5.53. The molecule has 102 valence electrons. The lowest BCUT2D eigenvalue weighted by molar-refractivity contribution is 0.103. The fourth-order valence-corrected chi connectivity index (χ4v) is 3.01. The molecule has 0 N–H and O–H groups in total. The minimum atomic E-state index is 0.0493. The maximum Gasteiger partial charge on any atom is 0.194 e. The lowest BCUT2D eigenvalue weighted by Gasteiger charge is -2.22. The molecule has 1 heterocycles. The van der Waals surface area contributed by atoms with Crippen molar-refractivity contribution in [3.05, 3.63) is 65.5 Å². The third-order valence-corrected chi connectivity index (χ3v) is 4.17. The Kier molecular flexibility index (Phi) is 3.91. The second kappa shape index (κ2) is 6.00. The molecule has 1 saturated carbocycles. The Bertz CT molecular complexity index is 568. The quantitative estimate of drug-likeness (QED) is 0.772. The highest BCUT2D eigenvalue weighted by Gasteiger charge is 2.16. The van der Waals surface area contributed by atoms with E-state index in [2.05, 4.69) is 17.1 Å². The molecule has 0 atom stereocenters. The van der Waals surface area contributed by atoms with Crippen molar-refractivity contribution in [1.82, 2.24) is 4.98 Å². The number of nitrogens with zero attached hydrogens (tertiary/aromatic N) is 1. The molecule has 0 amide bonds. The maximum absolute atomic E-state index is 12.3. The number of hydrogen-bond donors (Lipinski definition) is 0. The minimum absolute atomic E-state index is 0.0493. The molecule has 2 heteroatoms. The van der Waals surface area contributed by atoms with Crippen LogP contribution in [0.2, 0.25) is 0 Å². The van der Waals surface area contributed by atoms with Crippen LogP contribution in [0, 0.1) is 0 Å². The van der Waals surface area contributed by atoms with Crippen molar-refractivity contribution >= 4 is 5.78 Å². The Hall–Kier alpha value is -1.96. The maximum atomic E-state index is 12.3. The Morgan fingerprint density at radius 3 is 2.35 bits per heavy atom. The van der Waals surface area contributed by atoms with Gasteiger partial charge in [0.1, 0.15) is 0 Å². The Morgan fingerprint density at radius 2 is 1.70 bits per heavy atom. The zero-order valence-corrected chi connectivity index (χ0v) is 11.6. The molecule has 1 aromatic heterocycles. The summed E-state index contributed by atoms with van der Waals surface area (Å²) in [5.41, 5.74) is 2.78. The monoisotopic (exact) mass is 265 g/mol. The number of carbonyl (C=O) groups is 1. The van der Waals surface area contributed by atoms with E-state index in [4.69, 9.17) is 0 Å². The minimum Gasteiger partial charge on any atom is -0.289 e. The van der Waals surface area contributed by atoms with Gasteiger partial charge in [-0.05, 0) is 36.5 Å². The Labute approximate surface area is 119 Å². The van der Waals surface area contributed by atoms with E-state index in [9.17, 15) is 4.79 Å². The van der Waals surface area contributed by atoms with Gasteiger partial charge in [-0.2, -0.15) is 0 Å². The van der Waals surface area contributed by atoms with Crippen molar-refractivity contribution in [2.75, 3.05) is 0 Å². The normalized spacial score (nSPS) is 16.0. The molecule has 0 aliphatic heterocycles. The first kappa shape index (κ1) is 13.0. The van der Waals surface area contributed by atoms with Crippen LogP contribution in [-0.2, 0) is 0 Å². The van der Waals surface area contributed by atoms with Gasteiger partial charge in [0, 0.05) is 23.5 Å². The van der Waals surface area contributed by atoms with E-state index in [0.29, 0.717) is 11.5 Å². The van der Waals surface area contributed by atoms with Crippen molar-refractivity contribution in [3.8, 4) is 0 Å². The molecule has 0 unspecified atom stereocenters. The van der Waals surface area contributed by atoms with Gasteiger partial charge in [-0.15, -0.1) is 0 Å². The summed E-state index contributed by atoms with van der Waals surface area (Å²) >= 11 is 0. The van der Waals surface area contributed by atoms with Gasteiger partial charge in [0.05, 0.1) is 0 Å². The summed E-state index contributed by atoms with van der Waals surface area (Å²) in [5, 5.41) is 0. The standard InChI is InChI=1S/C18H19NO/c20-18(17-7-4-12-19-13-17)16-10-8-15(9-11-16)14-5-2-1-3-6-14/h4,7-14H,1-3,5-6H2. The van der Waals surface area contributed by atoms with Crippen LogP contribution in [0.3, 0.4) is 0 Å². The van der Waals surface area contributed by atoms with Crippen molar-refractivity contribution in [2.45, 2.75) is 38.0 Å². The highest BCUT2D eigenvalue weighted by Crippen LogP contribution is 2.32. The van der Waals surface area contributed by atoms with E-state index >= 15 is 0 Å². The third kappa shape index (κ3) is 2.79. The summed E-state index contributed by atoms with van der Waals surface area (Å²) in [7, 11) is 0. The van der Waals surface area contributed by atoms with Crippen LogP contribution >= 0.6 is 0 Å². The fourth-order valence-electron chi connectivity index (χ4n) is 3.01. The van der Waals surface area contributed by atoms with Gasteiger partial charge in [-0.25, -0.2) is 0 Å². The first-order valence-corrected chi connectivity index (χ1v) is 7.39. The number of hydrogen-bond acceptors (Lipinski definition) is 2. The molecule has 2 aromatic rings. The summed E-state index contributed by atoms with van der Waals surface area (Å²) in [6.45, 7) is 0. The van der Waals surface area contributed by atoms with E-state index in [-0.39, 0.29) is 5.78 Å². The number of rotatable bonds is 3. The van der Waals surface area contributed by atoms with Crippen LogP contribution in [-0.4, -0.2) is 10.8 Å². The second-order valence-electron chi connectivity index (χ2n) is 5.53. The Morgan fingerprint density at radius 1 is 0.950 bits per heavy atom. The summed E-state index contributed by atoms with van der Waals surface area (Å²) < 4.78 is 0. The first-order chi connectivity index (χ1) is 9.84. The highest BCUT2D eigenvalue weighted by atomic mass is 16.1. The average molecular weight is 265 g/mol. The van der Waals surface area contributed by atoms with Crippen LogP contribution in [0.1, 0.15) is 59.5 Å². The van der Waals surface area contributed by atoms with Crippen LogP contribution in [0.15, 0.2) is 48.8 Å². The van der Waals surface area contributed by atoms with Gasteiger partial charge in [0.25, 0.3) is 0 Å². The van der Waals surface area contributed by atoms with Crippen LogP contribution in [0.25, 0.3) is 0 Å². The zero-order chi connectivity index (χ0) is 13.8. The molecule has 0 saturated heterocycles. The van der Waals surface area contributed by atoms with E-state index in [0.717, 1.165) is 5.56 Å². The van der Waals surface area contributed by atoms with Crippen LogP contribution in [0.5, 0.6) is 0 Å². The number of ketones is 1. The number of carbonyl (C=O) groups excluding carboxylic acids is 1. The van der Waals surface area contributed by atoms with E-state index < -0.39 is 0 Å². The molecule has 0 spiro atoms. The molecule has 1 aromatic carbocycles. The zero-order valence-electron chi connectivity index (χ0n) is 11.6. The van der Waals surface area contributed by atoms with E-state index in [1.807, 2.05) is 18.2 Å². The highest BCUT2D eigenvalue weighted by molar-refractivity contribution is 6.08. The smallest absolute Gasteiger partial charge is 0.194 e. The molecule has 1 aliphatic carbocycles. The van der Waals surface area contributed by atoms with Crippen molar-refractivity contribution in [1.29, 1.82) is 0 Å². The van der Waals surface area contributed by atoms with Crippen LogP contribution < -0.4 is 0 Å². The number of benzene rings is 1. The van der Waals surface area contributed by atoms with Gasteiger partial charge in [-0.3, -0.25) is 9.78 Å². The lowest BCUT2D eigenvalue weighted by atomic mass is 9.84. The van der Waals surface area contributed by atoms with Crippen molar-refractivity contribution < 1.29 is 4.79 Å². The van der Waals surface area contributed by atoms with Crippen molar-refractivity contribution in [2.24, 2.45) is 0 Å². The van der Waals surface area contributed by atoms with E-state index in [1.165, 1.54) is 37.7 Å². The topological polar surface area (TPSA) is 30.0 Å². The first-order valence-electron chi connectivity index (χ1n) is 7.39. The summed E-state index contributed by atoms with van der Waals surface area (Å²) in [6.07, 6.45) is 9.92. The largest absolute Gasteiger partial charge is 0.289 e. The molecular weight excluding hydrogens is 246 g/mol. The van der Waals surface area contributed by atoms with Crippen LogP contribution in [0.4, 0.5) is 0 Å². The third-order valence-electron chi connectivity index (χ3n) is 4.17. The molecular formula is C18H19NO. The van der Waals surface area contributed by atoms with E-state index in [1.54, 1.807) is 18.5 Å². The summed E-state index contributed by atoms with van der Waals surface area (Å²) in [4.78, 5) is 16.3. The molecule has 2 nitrogen and oxygen atoms in total. The van der Waals surface area contributed by atoms with Gasteiger partial charge in [0.2, 0.25) is 0 Å². The predicted octanol–water partition coefficient (Wildman–Crippen LogP) is 4.36. The SMILES string of the molecule is O=C(c1ccc(C2CCCCC2)cc1)c1cccnc1. The molecule has 3 rings (SSSR count). The molecule has 1 fully saturated rings. The molecule has 20 heavy (non-hydrogen) atoms. The van der Waals surface area contributed by atoms with Gasteiger partial charge in [0.15, 0.2) is 5.78 Å². The predicted molar refractivity (Wildman–Crippen MR) is 79.9 cm³/mol. The van der Waals surface area contributed by atoms with Gasteiger partial charge < -0.3 is 0 Å². The molecule has 1 aliphatic rings. The number of pyridine rings is 1. The van der Waals surface area contributed by atoms with Gasteiger partial charge >= 0.3 is 0 Å².